The maximum absolute atomic E-state index is 14.6. The third kappa shape index (κ3) is 8.60. The van der Waals surface area contributed by atoms with Crippen molar-refractivity contribution in [3.05, 3.63) is 101 Å². The largest absolute Gasteiger partial charge is 0.508 e. The fraction of sp³-hybridized carbons (Fsp3) is 0.400. The van der Waals surface area contributed by atoms with Crippen molar-refractivity contribution in [2.24, 2.45) is 0 Å². The summed E-state index contributed by atoms with van der Waals surface area (Å²) in [5, 5.41) is 15.7. The van der Waals surface area contributed by atoms with Crippen molar-refractivity contribution in [3.63, 3.8) is 0 Å². The van der Waals surface area contributed by atoms with Crippen molar-refractivity contribution in [3.8, 4) is 5.75 Å². The van der Waals surface area contributed by atoms with Gasteiger partial charge in [0.25, 0.3) is 0 Å². The first-order valence-electron chi connectivity index (χ1n) is 14.9. The van der Waals surface area contributed by atoms with E-state index in [-0.39, 0.29) is 30.0 Å². The lowest BCUT2D eigenvalue weighted by molar-refractivity contribution is -0.147. The van der Waals surface area contributed by atoms with Gasteiger partial charge in [-0.15, -0.1) is 0 Å². The molecule has 8 heteroatoms. The zero-order chi connectivity index (χ0) is 31.1. The highest BCUT2D eigenvalue weighted by molar-refractivity contribution is 5.92. The molecule has 0 spiro atoms. The molecule has 43 heavy (non-hydrogen) atoms. The molecule has 1 saturated carbocycles. The highest BCUT2D eigenvalue weighted by Gasteiger charge is 2.42. The number of ether oxygens (including phenoxy) is 1. The number of amides is 3. The molecule has 4 rings (SSSR count). The third-order valence-corrected chi connectivity index (χ3v) is 7.77. The van der Waals surface area contributed by atoms with Gasteiger partial charge < -0.3 is 25.4 Å². The first-order chi connectivity index (χ1) is 20.4. The molecule has 0 aliphatic heterocycles. The average Bonchev–Trinajstić information content (AvgIpc) is 2.92. The van der Waals surface area contributed by atoms with E-state index in [4.69, 9.17) is 4.74 Å². The van der Waals surface area contributed by atoms with Crippen LogP contribution in [0.15, 0.2) is 72.8 Å². The summed E-state index contributed by atoms with van der Waals surface area (Å²) in [4.78, 5) is 43.4. The summed E-state index contributed by atoms with van der Waals surface area (Å²) in [5.74, 6) is -0.539. The lowest BCUT2D eigenvalue weighted by atomic mass is 9.87. The minimum atomic E-state index is -1.00. The Morgan fingerprint density at radius 3 is 2.19 bits per heavy atom. The summed E-state index contributed by atoms with van der Waals surface area (Å²) in [6, 6.07) is 19.9. The van der Waals surface area contributed by atoms with Crippen LogP contribution in [0.25, 0.3) is 0 Å². The second-order valence-corrected chi connectivity index (χ2v) is 12.3. The normalized spacial score (nSPS) is 14.6. The number of hydrogen-bond donors (Lipinski definition) is 3. The number of carbonyl (C=O) groups excluding carboxylic acids is 3. The molecule has 3 aromatic rings. The number of alkyl carbamates (subject to hydrolysis) is 1. The van der Waals surface area contributed by atoms with Crippen LogP contribution in [-0.4, -0.2) is 45.6 Å². The molecule has 2 unspecified atom stereocenters. The summed E-state index contributed by atoms with van der Waals surface area (Å²) in [5.41, 5.74) is 3.76. The van der Waals surface area contributed by atoms with Gasteiger partial charge >= 0.3 is 6.09 Å². The van der Waals surface area contributed by atoms with Gasteiger partial charge in [0.15, 0.2) is 0 Å². The Morgan fingerprint density at radius 2 is 1.60 bits per heavy atom. The number of aryl methyl sites for hydroxylation is 2. The Hall–Kier alpha value is -4.33. The van der Waals surface area contributed by atoms with Crippen LogP contribution in [-0.2, 0) is 27.3 Å². The van der Waals surface area contributed by atoms with E-state index in [1.54, 1.807) is 49.9 Å². The maximum Gasteiger partial charge on any atom is 0.408 e. The molecule has 228 valence electrons. The van der Waals surface area contributed by atoms with Crippen LogP contribution < -0.4 is 10.6 Å². The minimum Gasteiger partial charge on any atom is -0.508 e. The molecule has 8 nitrogen and oxygen atoms in total. The van der Waals surface area contributed by atoms with Crippen molar-refractivity contribution in [2.45, 2.75) is 90.6 Å². The minimum absolute atomic E-state index is 0.104. The summed E-state index contributed by atoms with van der Waals surface area (Å²) in [6.45, 7) is 9.60. The van der Waals surface area contributed by atoms with Crippen LogP contribution in [0.2, 0.25) is 0 Å². The van der Waals surface area contributed by atoms with E-state index < -0.39 is 23.8 Å². The number of phenolic OH excluding ortho intramolecular Hbond substituents is 1. The zero-order valence-electron chi connectivity index (χ0n) is 25.7. The molecular formula is C35H43N3O5. The van der Waals surface area contributed by atoms with Crippen molar-refractivity contribution in [1.82, 2.24) is 15.5 Å². The number of phenols is 1. The summed E-state index contributed by atoms with van der Waals surface area (Å²) >= 11 is 0. The van der Waals surface area contributed by atoms with Crippen molar-refractivity contribution in [1.29, 1.82) is 0 Å². The molecule has 1 fully saturated rings. The molecule has 2 atom stereocenters. The van der Waals surface area contributed by atoms with Crippen LogP contribution in [0.4, 0.5) is 4.79 Å². The van der Waals surface area contributed by atoms with E-state index in [1.165, 1.54) is 0 Å². The van der Waals surface area contributed by atoms with E-state index >= 15 is 0 Å². The molecule has 3 aromatic carbocycles. The van der Waals surface area contributed by atoms with Gasteiger partial charge in [-0.05, 0) is 93.8 Å². The highest BCUT2D eigenvalue weighted by Crippen LogP contribution is 2.34. The van der Waals surface area contributed by atoms with Crippen LogP contribution in [0.5, 0.6) is 5.75 Å². The van der Waals surface area contributed by atoms with Gasteiger partial charge in [0.2, 0.25) is 11.8 Å². The lowest BCUT2D eigenvalue weighted by Gasteiger charge is -2.43. The number of aromatic hydroxyl groups is 1. The SMILES string of the molecule is Cc1ccc(C(C(=O)NCc2ccccc2)N(C(=O)C(Cc2ccc(O)cc2)NC(=O)OC(C)(C)C)C2CCC2)cc1C. The Balaban J connectivity index is 1.72. The number of carbonyl (C=O) groups is 3. The Labute approximate surface area is 254 Å². The first-order valence-corrected chi connectivity index (χ1v) is 14.9. The topological polar surface area (TPSA) is 108 Å². The Bertz CT molecular complexity index is 1410. The molecule has 3 amide bonds. The standard InChI is InChI=1S/C35H43N3O5/c1-23-14-17-27(20-24(23)2)31(32(40)36-22-26-10-7-6-8-11-26)38(28-12-9-13-28)33(41)30(37-34(42)43-35(3,4)5)21-25-15-18-29(39)19-16-25/h6-8,10-11,14-20,28,30-31,39H,9,12-13,21-22H2,1-5H3,(H,36,40)(H,37,42). The summed E-state index contributed by atoms with van der Waals surface area (Å²) < 4.78 is 5.52. The Morgan fingerprint density at radius 1 is 0.930 bits per heavy atom. The monoisotopic (exact) mass is 585 g/mol. The first kappa shape index (κ1) is 31.6. The number of nitrogens with one attached hydrogen (secondary N) is 2. The second-order valence-electron chi connectivity index (χ2n) is 12.3. The van der Waals surface area contributed by atoms with E-state index in [2.05, 4.69) is 10.6 Å². The number of nitrogens with zero attached hydrogens (tertiary/aromatic N) is 1. The van der Waals surface area contributed by atoms with Crippen molar-refractivity contribution >= 4 is 17.9 Å². The molecule has 0 aromatic heterocycles. The van der Waals surface area contributed by atoms with Crippen LogP contribution >= 0.6 is 0 Å². The highest BCUT2D eigenvalue weighted by atomic mass is 16.6. The molecular weight excluding hydrogens is 542 g/mol. The molecule has 0 heterocycles. The fourth-order valence-electron chi connectivity index (χ4n) is 5.14. The van der Waals surface area contributed by atoms with Crippen molar-refractivity contribution < 1.29 is 24.2 Å². The molecule has 0 bridgehead atoms. The molecule has 1 aliphatic rings. The van der Waals surface area contributed by atoms with Gasteiger partial charge in [-0.1, -0.05) is 60.7 Å². The predicted molar refractivity (Wildman–Crippen MR) is 166 cm³/mol. The second kappa shape index (κ2) is 13.8. The third-order valence-electron chi connectivity index (χ3n) is 7.77. The van der Waals surface area contributed by atoms with E-state index in [1.807, 2.05) is 62.4 Å². The van der Waals surface area contributed by atoms with Crippen LogP contribution in [0, 0.1) is 13.8 Å². The number of rotatable bonds is 10. The number of hydrogen-bond acceptors (Lipinski definition) is 5. The van der Waals surface area contributed by atoms with E-state index in [0.717, 1.165) is 47.1 Å². The maximum atomic E-state index is 14.6. The summed E-state index contributed by atoms with van der Waals surface area (Å²) in [6.07, 6.45) is 1.92. The van der Waals surface area contributed by atoms with Gasteiger partial charge in [-0.2, -0.15) is 0 Å². The molecule has 3 N–H and O–H groups in total. The fourth-order valence-corrected chi connectivity index (χ4v) is 5.14. The molecule has 0 saturated heterocycles. The summed E-state index contributed by atoms with van der Waals surface area (Å²) in [7, 11) is 0. The predicted octanol–water partition coefficient (Wildman–Crippen LogP) is 5.88. The lowest BCUT2D eigenvalue weighted by Crippen LogP contribution is -2.58. The molecule has 0 radical (unpaired) electrons. The van der Waals surface area contributed by atoms with Gasteiger partial charge in [-0.25, -0.2) is 4.79 Å². The van der Waals surface area contributed by atoms with Crippen molar-refractivity contribution in [2.75, 3.05) is 0 Å². The van der Waals surface area contributed by atoms with Gasteiger partial charge in [-0.3, -0.25) is 9.59 Å². The van der Waals surface area contributed by atoms with E-state index in [9.17, 15) is 19.5 Å². The molecule has 1 aliphatic carbocycles. The number of benzene rings is 3. The smallest absolute Gasteiger partial charge is 0.408 e. The van der Waals surface area contributed by atoms with Gasteiger partial charge in [0.05, 0.1) is 0 Å². The van der Waals surface area contributed by atoms with E-state index in [0.29, 0.717) is 6.54 Å². The van der Waals surface area contributed by atoms with Gasteiger partial charge in [0, 0.05) is 19.0 Å². The zero-order valence-corrected chi connectivity index (χ0v) is 25.7. The Kier molecular flexibility index (Phi) is 10.1. The quantitative estimate of drug-likeness (QED) is 0.275. The average molecular weight is 586 g/mol. The van der Waals surface area contributed by atoms with Crippen LogP contribution in [0.3, 0.4) is 0 Å². The van der Waals surface area contributed by atoms with Crippen LogP contribution in [0.1, 0.15) is 73.9 Å². The van der Waals surface area contributed by atoms with Gasteiger partial charge in [0.1, 0.15) is 23.4 Å².